The van der Waals surface area contributed by atoms with Gasteiger partial charge < -0.3 is 9.47 Å². The van der Waals surface area contributed by atoms with Crippen molar-refractivity contribution in [1.29, 1.82) is 0 Å². The van der Waals surface area contributed by atoms with Crippen molar-refractivity contribution in [3.05, 3.63) is 22.8 Å². The van der Waals surface area contributed by atoms with Crippen LogP contribution in [0, 0.1) is 19.8 Å². The summed E-state index contributed by atoms with van der Waals surface area (Å²) in [6, 6.07) is 1.95. The van der Waals surface area contributed by atoms with E-state index in [1.807, 2.05) is 26.8 Å². The molecular weight excluding hydrogens is 300 g/mol. The molecule has 0 saturated carbocycles. The fourth-order valence-corrected chi connectivity index (χ4v) is 3.42. The van der Waals surface area contributed by atoms with E-state index < -0.39 is 0 Å². The molecule has 1 aliphatic heterocycles. The lowest BCUT2D eigenvalue weighted by Gasteiger charge is -2.38. The molecule has 2 rings (SSSR count). The zero-order valence-corrected chi connectivity index (χ0v) is 16.1. The van der Waals surface area contributed by atoms with Gasteiger partial charge in [-0.25, -0.2) is 0 Å². The summed E-state index contributed by atoms with van der Waals surface area (Å²) < 4.78 is 11.9. The lowest BCUT2D eigenvalue weighted by atomic mass is 9.85. The van der Waals surface area contributed by atoms with E-state index >= 15 is 0 Å². The molecule has 0 spiro atoms. The predicted molar refractivity (Wildman–Crippen MR) is 97.9 cm³/mol. The van der Waals surface area contributed by atoms with Crippen LogP contribution in [0.5, 0.6) is 11.5 Å². The van der Waals surface area contributed by atoms with Crippen LogP contribution in [-0.2, 0) is 11.2 Å². The van der Waals surface area contributed by atoms with Crippen LogP contribution in [0.2, 0.25) is 0 Å². The average Bonchev–Trinajstić information content (AvgIpc) is 2.51. The topological polar surface area (TPSA) is 35.5 Å². The largest absolute Gasteiger partial charge is 0.487 e. The minimum Gasteiger partial charge on any atom is -0.487 e. The van der Waals surface area contributed by atoms with Crippen LogP contribution < -0.4 is 9.47 Å². The monoisotopic (exact) mass is 332 g/mol. The van der Waals surface area contributed by atoms with Crippen LogP contribution in [0.3, 0.4) is 0 Å². The summed E-state index contributed by atoms with van der Waals surface area (Å²) in [5.41, 5.74) is 3.22. The molecule has 1 heterocycles. The maximum atomic E-state index is 11.6. The Hall–Kier alpha value is -1.51. The molecule has 1 aromatic carbocycles. The Labute approximate surface area is 146 Å². The zero-order valence-electron chi connectivity index (χ0n) is 16.1. The number of hydrogen-bond acceptors (Lipinski definition) is 3. The Morgan fingerprint density at radius 2 is 2.08 bits per heavy atom. The lowest BCUT2D eigenvalue weighted by Crippen LogP contribution is -2.37. The van der Waals surface area contributed by atoms with E-state index in [1.165, 1.54) is 18.4 Å². The first-order chi connectivity index (χ1) is 11.3. The molecule has 134 valence electrons. The van der Waals surface area contributed by atoms with Crippen LogP contribution >= 0.6 is 0 Å². The van der Waals surface area contributed by atoms with Gasteiger partial charge in [0.1, 0.15) is 17.1 Å². The predicted octanol–water partition coefficient (Wildman–Crippen LogP) is 5.53. The quantitative estimate of drug-likeness (QED) is 0.507. The van der Waals surface area contributed by atoms with E-state index in [9.17, 15) is 4.79 Å². The van der Waals surface area contributed by atoms with Gasteiger partial charge in [-0.2, -0.15) is 0 Å². The molecule has 0 aliphatic carbocycles. The third-order valence-electron chi connectivity index (χ3n) is 5.05. The molecule has 0 radical (unpaired) electrons. The second kappa shape index (κ2) is 7.58. The number of benzene rings is 1. The third kappa shape index (κ3) is 4.31. The SMILES string of the molecule is CCC(=O)Oc1cc(C)c2c(c1C)CCC(C)(CCCC(C)C)O2. The fourth-order valence-electron chi connectivity index (χ4n) is 3.42. The van der Waals surface area contributed by atoms with Crippen LogP contribution in [-0.4, -0.2) is 11.6 Å². The summed E-state index contributed by atoms with van der Waals surface area (Å²) in [6.45, 7) is 12.7. The van der Waals surface area contributed by atoms with Crippen molar-refractivity contribution < 1.29 is 14.3 Å². The second-order valence-corrected chi connectivity index (χ2v) is 7.79. The standard InChI is InChI=1S/C21H32O3/c1-7-19(22)23-18-13-15(4)20-17(16(18)5)10-12-21(6,24-20)11-8-9-14(2)3/h13-14H,7-12H2,1-6H3. The number of fused-ring (bicyclic) bond motifs is 1. The van der Waals surface area contributed by atoms with E-state index in [2.05, 4.69) is 20.8 Å². The maximum absolute atomic E-state index is 11.6. The molecule has 1 aliphatic rings. The van der Waals surface area contributed by atoms with Crippen LogP contribution in [0.25, 0.3) is 0 Å². The molecule has 0 aromatic heterocycles. The van der Waals surface area contributed by atoms with E-state index in [0.717, 1.165) is 42.1 Å². The molecule has 0 fully saturated rings. The van der Waals surface area contributed by atoms with Crippen LogP contribution in [0.1, 0.15) is 76.5 Å². The normalized spacial score (nSPS) is 19.8. The number of ether oxygens (including phenoxy) is 2. The van der Waals surface area contributed by atoms with Gasteiger partial charge in [-0.15, -0.1) is 0 Å². The molecule has 1 atom stereocenters. The number of carbonyl (C=O) groups is 1. The van der Waals surface area contributed by atoms with E-state index in [0.29, 0.717) is 12.2 Å². The van der Waals surface area contributed by atoms with E-state index in [1.54, 1.807) is 0 Å². The fraction of sp³-hybridized carbons (Fsp3) is 0.667. The maximum Gasteiger partial charge on any atom is 0.310 e. The molecule has 3 heteroatoms. The van der Waals surface area contributed by atoms with Crippen molar-refractivity contribution in [3.8, 4) is 11.5 Å². The molecule has 1 unspecified atom stereocenters. The number of hydrogen-bond donors (Lipinski definition) is 0. The Kier molecular flexibility index (Phi) is 5.95. The molecule has 3 nitrogen and oxygen atoms in total. The summed E-state index contributed by atoms with van der Waals surface area (Å²) in [5, 5.41) is 0. The first-order valence-electron chi connectivity index (χ1n) is 9.28. The van der Waals surface area contributed by atoms with Crippen molar-refractivity contribution in [3.63, 3.8) is 0 Å². The van der Waals surface area contributed by atoms with Gasteiger partial charge in [-0.1, -0.05) is 27.2 Å². The number of aryl methyl sites for hydroxylation is 1. The highest BCUT2D eigenvalue weighted by Gasteiger charge is 2.33. The first kappa shape index (κ1) is 18.8. The first-order valence-corrected chi connectivity index (χ1v) is 9.28. The number of carbonyl (C=O) groups excluding carboxylic acids is 1. The van der Waals surface area contributed by atoms with Gasteiger partial charge in [0.15, 0.2) is 0 Å². The molecule has 0 amide bonds. The minimum atomic E-state index is -0.187. The molecule has 1 aromatic rings. The molecule has 0 N–H and O–H groups in total. The molecule has 24 heavy (non-hydrogen) atoms. The highest BCUT2D eigenvalue weighted by atomic mass is 16.5. The zero-order chi connectivity index (χ0) is 17.9. The Bertz CT molecular complexity index is 604. The molecule has 0 saturated heterocycles. The van der Waals surface area contributed by atoms with Crippen molar-refractivity contribution in [2.75, 3.05) is 0 Å². The smallest absolute Gasteiger partial charge is 0.310 e. The Morgan fingerprint density at radius 3 is 2.71 bits per heavy atom. The van der Waals surface area contributed by atoms with Crippen molar-refractivity contribution >= 4 is 5.97 Å². The summed E-state index contributed by atoms with van der Waals surface area (Å²) >= 11 is 0. The summed E-state index contributed by atoms with van der Waals surface area (Å²) in [5.74, 6) is 2.24. The van der Waals surface area contributed by atoms with Crippen LogP contribution in [0.4, 0.5) is 0 Å². The van der Waals surface area contributed by atoms with Crippen molar-refractivity contribution in [1.82, 2.24) is 0 Å². The highest BCUT2D eigenvalue weighted by molar-refractivity contribution is 5.73. The lowest BCUT2D eigenvalue weighted by molar-refractivity contribution is -0.134. The third-order valence-corrected chi connectivity index (χ3v) is 5.05. The van der Waals surface area contributed by atoms with Gasteiger partial charge >= 0.3 is 5.97 Å². The van der Waals surface area contributed by atoms with Gasteiger partial charge in [0, 0.05) is 12.0 Å². The minimum absolute atomic E-state index is 0.0826. The van der Waals surface area contributed by atoms with Crippen molar-refractivity contribution in [2.24, 2.45) is 5.92 Å². The van der Waals surface area contributed by atoms with Gasteiger partial charge in [-0.3, -0.25) is 4.79 Å². The molecule has 0 bridgehead atoms. The second-order valence-electron chi connectivity index (χ2n) is 7.79. The van der Waals surface area contributed by atoms with Gasteiger partial charge in [0.25, 0.3) is 0 Å². The summed E-state index contributed by atoms with van der Waals surface area (Å²) in [4.78, 5) is 11.6. The van der Waals surface area contributed by atoms with E-state index in [4.69, 9.17) is 9.47 Å². The Morgan fingerprint density at radius 1 is 1.38 bits per heavy atom. The van der Waals surface area contributed by atoms with E-state index in [-0.39, 0.29) is 11.6 Å². The van der Waals surface area contributed by atoms with Crippen molar-refractivity contribution in [2.45, 2.75) is 85.7 Å². The average molecular weight is 332 g/mol. The molecular formula is C21H32O3. The Balaban J connectivity index is 2.20. The summed E-state index contributed by atoms with van der Waals surface area (Å²) in [6.07, 6.45) is 5.93. The van der Waals surface area contributed by atoms with Gasteiger partial charge in [0.05, 0.1) is 0 Å². The number of esters is 1. The number of rotatable bonds is 6. The van der Waals surface area contributed by atoms with Crippen LogP contribution in [0.15, 0.2) is 6.07 Å². The highest BCUT2D eigenvalue weighted by Crippen LogP contribution is 2.42. The van der Waals surface area contributed by atoms with Gasteiger partial charge in [-0.05, 0) is 69.6 Å². The van der Waals surface area contributed by atoms with Gasteiger partial charge in [0.2, 0.25) is 0 Å². The summed E-state index contributed by atoms with van der Waals surface area (Å²) in [7, 11) is 0.